The lowest BCUT2D eigenvalue weighted by Crippen LogP contribution is -2.25. The second kappa shape index (κ2) is 6.78. The zero-order valence-electron chi connectivity index (χ0n) is 13.1. The number of phenolic OH excluding ortho intramolecular Hbond substituents is 1. The third kappa shape index (κ3) is 4.12. The van der Waals surface area contributed by atoms with E-state index in [1.807, 2.05) is 0 Å². The zero-order chi connectivity index (χ0) is 18.0. The first-order chi connectivity index (χ1) is 11.9. The number of phenols is 1. The summed E-state index contributed by atoms with van der Waals surface area (Å²) >= 11 is 0. The predicted molar refractivity (Wildman–Crippen MR) is 92.2 cm³/mol. The van der Waals surface area contributed by atoms with Gasteiger partial charge in [-0.25, -0.2) is 17.5 Å². The third-order valence-corrected chi connectivity index (χ3v) is 5.34. The van der Waals surface area contributed by atoms with E-state index in [-0.39, 0.29) is 16.5 Å². The van der Waals surface area contributed by atoms with Crippen LogP contribution in [-0.2, 0) is 10.0 Å². The van der Waals surface area contributed by atoms with E-state index in [4.69, 9.17) is 0 Å². The largest absolute Gasteiger partial charge is 0.504 e. The number of carbonyl (C=O) groups excluding carboxylic acids is 1. The maximum Gasteiger partial charge on any atom is 0.240 e. The summed E-state index contributed by atoms with van der Waals surface area (Å²) in [5.74, 6) is -1.55. The maximum absolute atomic E-state index is 13.5. The van der Waals surface area contributed by atoms with Crippen molar-refractivity contribution in [2.45, 2.75) is 23.8 Å². The van der Waals surface area contributed by atoms with Gasteiger partial charge in [-0.2, -0.15) is 0 Å². The van der Waals surface area contributed by atoms with Gasteiger partial charge in [-0.15, -0.1) is 0 Å². The van der Waals surface area contributed by atoms with Crippen molar-refractivity contribution in [3.05, 3.63) is 58.9 Å². The molecule has 1 aliphatic carbocycles. The Kier molecular flexibility index (Phi) is 4.69. The average Bonchev–Trinajstić information content (AvgIpc) is 3.39. The molecule has 0 aliphatic heterocycles. The summed E-state index contributed by atoms with van der Waals surface area (Å²) in [5.41, 5.74) is 0.989. The number of benzene rings is 2. The minimum absolute atomic E-state index is 0.0426. The Bertz CT molecular complexity index is 932. The first-order valence-corrected chi connectivity index (χ1v) is 9.15. The second-order valence-electron chi connectivity index (χ2n) is 5.86. The molecular formula is C18H16FNO4S. The first-order valence-electron chi connectivity index (χ1n) is 7.67. The van der Waals surface area contributed by atoms with Gasteiger partial charge < -0.3 is 5.11 Å². The number of rotatable bonds is 6. The molecular weight excluding hydrogens is 345 g/mol. The molecule has 2 aromatic carbocycles. The van der Waals surface area contributed by atoms with E-state index in [1.165, 1.54) is 18.2 Å². The van der Waals surface area contributed by atoms with E-state index in [2.05, 4.69) is 4.72 Å². The van der Waals surface area contributed by atoms with Crippen LogP contribution in [0, 0.1) is 5.82 Å². The fourth-order valence-corrected chi connectivity index (χ4v) is 3.57. The summed E-state index contributed by atoms with van der Waals surface area (Å²) in [5, 5.41) is 9.39. The fourth-order valence-electron chi connectivity index (χ4n) is 2.27. The molecule has 0 aromatic heterocycles. The van der Waals surface area contributed by atoms with Crippen LogP contribution in [-0.4, -0.2) is 25.9 Å². The van der Waals surface area contributed by atoms with E-state index in [1.54, 1.807) is 24.3 Å². The van der Waals surface area contributed by atoms with Crippen LogP contribution in [0.25, 0.3) is 12.2 Å². The minimum atomic E-state index is -3.49. The molecule has 0 unspecified atom stereocenters. The van der Waals surface area contributed by atoms with E-state index in [0.717, 1.165) is 18.9 Å². The van der Waals surface area contributed by atoms with Gasteiger partial charge in [0.05, 0.1) is 10.5 Å². The van der Waals surface area contributed by atoms with Crippen molar-refractivity contribution < 1.29 is 22.7 Å². The molecule has 0 amide bonds. The summed E-state index contributed by atoms with van der Waals surface area (Å²) in [6, 6.07) is 8.78. The van der Waals surface area contributed by atoms with Gasteiger partial charge in [-0.1, -0.05) is 24.3 Å². The van der Waals surface area contributed by atoms with Crippen molar-refractivity contribution in [2.75, 3.05) is 0 Å². The van der Waals surface area contributed by atoms with Crippen molar-refractivity contribution in [1.82, 2.24) is 4.72 Å². The average molecular weight is 361 g/mol. The van der Waals surface area contributed by atoms with Gasteiger partial charge in [0.1, 0.15) is 0 Å². The van der Waals surface area contributed by atoms with Gasteiger partial charge in [0.15, 0.2) is 17.9 Å². The summed E-state index contributed by atoms with van der Waals surface area (Å²) in [7, 11) is -3.49. The van der Waals surface area contributed by atoms with E-state index >= 15 is 0 Å². The lowest BCUT2D eigenvalue weighted by molar-refractivity contribution is 0.112. The van der Waals surface area contributed by atoms with Crippen LogP contribution < -0.4 is 4.72 Å². The van der Waals surface area contributed by atoms with Gasteiger partial charge in [0.2, 0.25) is 10.0 Å². The number of sulfonamides is 1. The highest BCUT2D eigenvalue weighted by atomic mass is 32.2. The molecule has 1 fully saturated rings. The van der Waals surface area contributed by atoms with Crippen molar-refractivity contribution in [2.24, 2.45) is 0 Å². The Morgan fingerprint density at radius 3 is 2.32 bits per heavy atom. The van der Waals surface area contributed by atoms with Crippen LogP contribution in [0.1, 0.15) is 34.3 Å². The molecule has 0 bridgehead atoms. The molecule has 0 saturated heterocycles. The van der Waals surface area contributed by atoms with Gasteiger partial charge >= 0.3 is 0 Å². The van der Waals surface area contributed by atoms with E-state index in [9.17, 15) is 22.7 Å². The highest BCUT2D eigenvalue weighted by Crippen LogP contribution is 2.24. The normalized spacial score (nSPS) is 14.8. The van der Waals surface area contributed by atoms with Gasteiger partial charge in [-0.05, 0) is 48.2 Å². The minimum Gasteiger partial charge on any atom is -0.504 e. The summed E-state index contributed by atoms with van der Waals surface area (Å²) < 4.78 is 40.3. The smallest absolute Gasteiger partial charge is 0.240 e. The lowest BCUT2D eigenvalue weighted by atomic mass is 10.1. The zero-order valence-corrected chi connectivity index (χ0v) is 14.0. The van der Waals surface area contributed by atoms with Crippen LogP contribution in [0.5, 0.6) is 5.75 Å². The summed E-state index contributed by atoms with van der Waals surface area (Å²) in [6.07, 6.45) is 5.34. The topological polar surface area (TPSA) is 83.5 Å². The van der Waals surface area contributed by atoms with Crippen molar-refractivity contribution in [3.63, 3.8) is 0 Å². The molecule has 25 heavy (non-hydrogen) atoms. The van der Waals surface area contributed by atoms with Crippen LogP contribution in [0.15, 0.2) is 41.3 Å². The molecule has 1 aliphatic rings. The first kappa shape index (κ1) is 17.3. The number of hydrogen-bond acceptors (Lipinski definition) is 4. The Morgan fingerprint density at radius 2 is 1.72 bits per heavy atom. The molecule has 7 heteroatoms. The van der Waals surface area contributed by atoms with Gasteiger partial charge in [-0.3, -0.25) is 4.79 Å². The fraction of sp³-hybridized carbons (Fsp3) is 0.167. The molecule has 0 atom stereocenters. The Balaban J connectivity index is 1.78. The lowest BCUT2D eigenvalue weighted by Gasteiger charge is -2.05. The monoisotopic (exact) mass is 361 g/mol. The van der Waals surface area contributed by atoms with Crippen molar-refractivity contribution >= 4 is 28.5 Å². The molecule has 0 radical (unpaired) electrons. The van der Waals surface area contributed by atoms with Crippen LogP contribution in [0.4, 0.5) is 4.39 Å². The van der Waals surface area contributed by atoms with Crippen LogP contribution >= 0.6 is 0 Å². The molecule has 2 aromatic rings. The van der Waals surface area contributed by atoms with Crippen molar-refractivity contribution in [1.29, 1.82) is 0 Å². The highest BCUT2D eigenvalue weighted by molar-refractivity contribution is 7.89. The highest BCUT2D eigenvalue weighted by Gasteiger charge is 2.27. The predicted octanol–water partition coefficient (Wildman–Crippen LogP) is 2.95. The maximum atomic E-state index is 13.5. The standard InChI is InChI=1S/C18H16FNO4S/c19-17-10-13(9-14(11-21)18(17)22)2-1-12-3-7-16(8-4-12)25(23,24)20-15-5-6-15/h1-4,7-11,15,20,22H,5-6H2/b2-1+. The number of aromatic hydroxyl groups is 1. The Hall–Kier alpha value is -2.51. The van der Waals surface area contributed by atoms with E-state index < -0.39 is 21.6 Å². The molecule has 2 N–H and O–H groups in total. The number of aldehydes is 1. The molecule has 0 spiro atoms. The van der Waals surface area contributed by atoms with E-state index in [0.29, 0.717) is 17.4 Å². The number of halogens is 1. The van der Waals surface area contributed by atoms with Crippen LogP contribution in [0.3, 0.4) is 0 Å². The molecule has 1 saturated carbocycles. The summed E-state index contributed by atoms with van der Waals surface area (Å²) in [6.45, 7) is 0. The van der Waals surface area contributed by atoms with Gasteiger partial charge in [0, 0.05) is 6.04 Å². The molecule has 0 heterocycles. The molecule has 3 rings (SSSR count). The third-order valence-electron chi connectivity index (χ3n) is 3.80. The second-order valence-corrected chi connectivity index (χ2v) is 7.57. The summed E-state index contributed by atoms with van der Waals surface area (Å²) in [4.78, 5) is 11.0. The molecule has 5 nitrogen and oxygen atoms in total. The number of carbonyl (C=O) groups is 1. The number of hydrogen-bond donors (Lipinski definition) is 2. The molecule has 130 valence electrons. The SMILES string of the molecule is O=Cc1cc(/C=C/c2ccc(S(=O)(=O)NC3CC3)cc2)cc(F)c1O. The Labute approximate surface area is 144 Å². The number of nitrogens with one attached hydrogen (secondary N) is 1. The van der Waals surface area contributed by atoms with Gasteiger partial charge in [0.25, 0.3) is 0 Å². The quantitative estimate of drug-likeness (QED) is 0.612. The van der Waals surface area contributed by atoms with Crippen molar-refractivity contribution in [3.8, 4) is 5.75 Å². The van der Waals surface area contributed by atoms with Crippen LogP contribution in [0.2, 0.25) is 0 Å². The Morgan fingerprint density at radius 1 is 1.08 bits per heavy atom.